The third kappa shape index (κ3) is 6.76. The van der Waals surface area contributed by atoms with Crippen molar-refractivity contribution in [1.82, 2.24) is 15.1 Å². The van der Waals surface area contributed by atoms with Crippen LogP contribution >= 0.6 is 0 Å². The van der Waals surface area contributed by atoms with Crippen LogP contribution in [0.25, 0.3) is 22.2 Å². The van der Waals surface area contributed by atoms with Crippen molar-refractivity contribution in [3.05, 3.63) is 48.3 Å². The van der Waals surface area contributed by atoms with Crippen LogP contribution in [0.15, 0.2) is 42.5 Å². The highest BCUT2D eigenvalue weighted by Gasteiger charge is 2.38. The molecule has 4 N–H and O–H groups in total. The number of aromatic nitrogens is 2. The molecule has 0 radical (unpaired) electrons. The number of carbonyl (C=O) groups is 3. The molecule has 2 heterocycles. The number of carbonyl (C=O) groups excluding carboxylic acids is 1. The van der Waals surface area contributed by atoms with E-state index in [0.717, 1.165) is 16.5 Å². The van der Waals surface area contributed by atoms with Crippen molar-refractivity contribution in [3.8, 4) is 11.3 Å². The van der Waals surface area contributed by atoms with Gasteiger partial charge in [-0.2, -0.15) is 18.3 Å². The summed E-state index contributed by atoms with van der Waals surface area (Å²) >= 11 is 0. The number of likely N-dealkylation sites (tertiary alicyclic amines) is 1. The predicted molar refractivity (Wildman–Crippen MR) is 116 cm³/mol. The molecule has 1 unspecified atom stereocenters. The highest BCUT2D eigenvalue weighted by Crippen LogP contribution is 2.29. The number of rotatable bonds is 5. The molecule has 0 spiro atoms. The number of halogens is 4. The number of carboxylic acid groups (broad SMARTS) is 2. The van der Waals surface area contributed by atoms with E-state index >= 15 is 0 Å². The van der Waals surface area contributed by atoms with Crippen LogP contribution in [-0.4, -0.2) is 69.0 Å². The quantitative estimate of drug-likeness (QED) is 0.398. The van der Waals surface area contributed by atoms with Gasteiger partial charge in [-0.3, -0.25) is 19.6 Å². The zero-order valence-corrected chi connectivity index (χ0v) is 18.0. The van der Waals surface area contributed by atoms with Crippen molar-refractivity contribution >= 4 is 34.4 Å². The molecule has 13 heteroatoms. The number of aliphatic carboxylic acids is 2. The largest absolute Gasteiger partial charge is 0.490 e. The lowest BCUT2D eigenvalue weighted by Crippen LogP contribution is -2.30. The molecule has 4 rings (SSSR count). The number of amides is 1. The SMILES string of the molecule is O=C(O)C(F)(F)F.O=C(O)CN1CCC(C(=O)Nc2ccc3[nH]nc(-c4ccc(F)cc4)c3c2)C1. The average Bonchev–Trinajstić information content (AvgIpc) is 3.41. The van der Waals surface area contributed by atoms with Crippen LogP contribution in [0.5, 0.6) is 0 Å². The molecule has 0 aliphatic carbocycles. The smallest absolute Gasteiger partial charge is 0.480 e. The number of hydrogen-bond donors (Lipinski definition) is 4. The first-order chi connectivity index (χ1) is 16.4. The first-order valence-electron chi connectivity index (χ1n) is 10.2. The zero-order chi connectivity index (χ0) is 25.8. The number of hydrogen-bond acceptors (Lipinski definition) is 5. The summed E-state index contributed by atoms with van der Waals surface area (Å²) in [6, 6.07) is 11.5. The third-order valence-corrected chi connectivity index (χ3v) is 5.19. The number of aromatic amines is 1. The van der Waals surface area contributed by atoms with Crippen molar-refractivity contribution < 1.29 is 42.2 Å². The fourth-order valence-electron chi connectivity index (χ4n) is 3.55. The highest BCUT2D eigenvalue weighted by molar-refractivity contribution is 5.99. The van der Waals surface area contributed by atoms with Crippen molar-refractivity contribution in [2.75, 3.05) is 25.0 Å². The van der Waals surface area contributed by atoms with E-state index in [-0.39, 0.29) is 24.2 Å². The number of alkyl halides is 3. The number of fused-ring (bicyclic) bond motifs is 1. The summed E-state index contributed by atoms with van der Waals surface area (Å²) < 4.78 is 44.9. The molecule has 0 bridgehead atoms. The molecule has 1 fully saturated rings. The Hall–Kier alpha value is -4.00. The van der Waals surface area contributed by atoms with Gasteiger partial charge in [-0.15, -0.1) is 0 Å². The maximum Gasteiger partial charge on any atom is 0.490 e. The highest BCUT2D eigenvalue weighted by atomic mass is 19.4. The maximum atomic E-state index is 13.2. The average molecular weight is 496 g/mol. The molecular weight excluding hydrogens is 476 g/mol. The van der Waals surface area contributed by atoms with Gasteiger partial charge in [0.25, 0.3) is 0 Å². The molecular formula is C22H20F4N4O5. The normalized spacial score (nSPS) is 15.9. The van der Waals surface area contributed by atoms with Gasteiger partial charge >= 0.3 is 18.1 Å². The van der Waals surface area contributed by atoms with Gasteiger partial charge < -0.3 is 15.5 Å². The number of nitrogens with one attached hydrogen (secondary N) is 2. The van der Waals surface area contributed by atoms with Crippen molar-refractivity contribution in [2.45, 2.75) is 12.6 Å². The standard InChI is InChI=1S/C20H19FN4O3.C2HF3O2/c21-14-3-1-12(2-4-14)19-16-9-15(5-6-17(16)23-24-19)22-20(28)13-7-8-25(10-13)11-18(26)27;3-2(4,5)1(6)7/h1-6,9,13H,7-8,10-11H2,(H,22,28)(H,23,24)(H,26,27);(H,6,7). The van der Waals surface area contributed by atoms with Crippen LogP contribution in [0.4, 0.5) is 23.2 Å². The molecule has 2 aromatic carbocycles. The molecule has 1 amide bonds. The second kappa shape index (κ2) is 10.5. The number of nitrogens with zero attached hydrogens (tertiary/aromatic N) is 2. The molecule has 186 valence electrons. The Morgan fingerprint density at radius 2 is 1.77 bits per heavy atom. The van der Waals surface area contributed by atoms with E-state index in [1.54, 1.807) is 23.1 Å². The monoisotopic (exact) mass is 496 g/mol. The molecule has 0 saturated carbocycles. The van der Waals surface area contributed by atoms with Gasteiger partial charge in [0.15, 0.2) is 0 Å². The number of H-pyrrole nitrogens is 1. The summed E-state index contributed by atoms with van der Waals surface area (Å²) in [7, 11) is 0. The summed E-state index contributed by atoms with van der Waals surface area (Å²) in [5.41, 5.74) is 2.90. The van der Waals surface area contributed by atoms with Gasteiger partial charge in [-0.25, -0.2) is 9.18 Å². The Labute approximate surface area is 195 Å². The van der Waals surface area contributed by atoms with Gasteiger partial charge in [-0.1, -0.05) is 0 Å². The topological polar surface area (TPSA) is 136 Å². The first-order valence-corrected chi connectivity index (χ1v) is 10.2. The summed E-state index contributed by atoms with van der Waals surface area (Å²) in [6.45, 7) is 0.985. The Bertz CT molecular complexity index is 1230. The van der Waals surface area contributed by atoms with Crippen molar-refractivity contribution in [2.24, 2.45) is 5.92 Å². The molecule has 35 heavy (non-hydrogen) atoms. The van der Waals surface area contributed by atoms with Crippen LogP contribution < -0.4 is 5.32 Å². The Kier molecular flexibility index (Phi) is 7.69. The van der Waals surface area contributed by atoms with E-state index in [0.29, 0.717) is 30.9 Å². The lowest BCUT2D eigenvalue weighted by Gasteiger charge is -2.13. The van der Waals surface area contributed by atoms with E-state index in [2.05, 4.69) is 15.5 Å². The maximum absolute atomic E-state index is 13.2. The van der Waals surface area contributed by atoms with Gasteiger partial charge in [0.05, 0.1) is 23.7 Å². The van der Waals surface area contributed by atoms with Crippen LogP contribution in [0.1, 0.15) is 6.42 Å². The van der Waals surface area contributed by atoms with Crippen LogP contribution in [0, 0.1) is 11.7 Å². The molecule has 1 aromatic heterocycles. The van der Waals surface area contributed by atoms with Gasteiger partial charge in [-0.05, 0) is 55.4 Å². The number of anilines is 1. The van der Waals surface area contributed by atoms with E-state index in [9.17, 15) is 27.2 Å². The second-order valence-electron chi connectivity index (χ2n) is 7.75. The minimum atomic E-state index is -5.08. The van der Waals surface area contributed by atoms with E-state index in [1.807, 2.05) is 12.1 Å². The van der Waals surface area contributed by atoms with E-state index in [4.69, 9.17) is 15.0 Å². The molecule has 1 saturated heterocycles. The van der Waals surface area contributed by atoms with E-state index < -0.39 is 18.1 Å². The molecule has 3 aromatic rings. The minimum Gasteiger partial charge on any atom is -0.480 e. The van der Waals surface area contributed by atoms with Crippen molar-refractivity contribution in [3.63, 3.8) is 0 Å². The van der Waals surface area contributed by atoms with Crippen LogP contribution in [0.3, 0.4) is 0 Å². The number of carboxylic acids is 2. The third-order valence-electron chi connectivity index (χ3n) is 5.19. The van der Waals surface area contributed by atoms with Crippen LogP contribution in [0.2, 0.25) is 0 Å². The van der Waals surface area contributed by atoms with Gasteiger partial charge in [0.1, 0.15) is 5.82 Å². The van der Waals surface area contributed by atoms with Crippen LogP contribution in [-0.2, 0) is 14.4 Å². The predicted octanol–water partition coefficient (Wildman–Crippen LogP) is 3.35. The second-order valence-corrected chi connectivity index (χ2v) is 7.75. The molecule has 1 atom stereocenters. The summed E-state index contributed by atoms with van der Waals surface area (Å²) in [6.07, 6.45) is -4.45. The minimum absolute atomic E-state index is 0.0498. The zero-order valence-electron chi connectivity index (χ0n) is 18.0. The summed E-state index contributed by atoms with van der Waals surface area (Å²) in [5.74, 6) is -4.33. The first kappa shape index (κ1) is 25.6. The van der Waals surface area contributed by atoms with E-state index in [1.165, 1.54) is 12.1 Å². The molecule has 1 aliphatic heterocycles. The fourth-order valence-corrected chi connectivity index (χ4v) is 3.55. The number of benzene rings is 2. The van der Waals surface area contributed by atoms with Gasteiger partial charge in [0.2, 0.25) is 5.91 Å². The lowest BCUT2D eigenvalue weighted by atomic mass is 10.1. The Morgan fingerprint density at radius 1 is 1.11 bits per heavy atom. The molecule has 1 aliphatic rings. The summed E-state index contributed by atoms with van der Waals surface area (Å²) in [4.78, 5) is 34.0. The fraction of sp³-hybridized carbons (Fsp3) is 0.273. The van der Waals surface area contributed by atoms with Crippen molar-refractivity contribution in [1.29, 1.82) is 0 Å². The molecule has 9 nitrogen and oxygen atoms in total. The van der Waals surface area contributed by atoms with Gasteiger partial charge in [0, 0.05) is 23.2 Å². The summed E-state index contributed by atoms with van der Waals surface area (Å²) in [5, 5.41) is 27.0. The lowest BCUT2D eigenvalue weighted by molar-refractivity contribution is -0.192. The Morgan fingerprint density at radius 3 is 2.37 bits per heavy atom. The Balaban J connectivity index is 0.000000429.